The maximum atomic E-state index is 11.0. The van der Waals surface area contributed by atoms with Gasteiger partial charge in [-0.1, -0.05) is 0 Å². The topological polar surface area (TPSA) is 110 Å². The Balaban J connectivity index is 1.33. The molecule has 34 heavy (non-hydrogen) atoms. The third-order valence-corrected chi connectivity index (χ3v) is 5.58. The van der Waals surface area contributed by atoms with Gasteiger partial charge in [-0.2, -0.15) is 0 Å². The number of pyridine rings is 1. The van der Waals surface area contributed by atoms with Crippen LogP contribution in [0.3, 0.4) is 0 Å². The predicted octanol–water partition coefficient (Wildman–Crippen LogP) is 4.92. The first-order valence-electron chi connectivity index (χ1n) is 10.8. The van der Waals surface area contributed by atoms with Gasteiger partial charge in [-0.3, -0.25) is 4.98 Å². The number of hydrogen-bond donors (Lipinski definition) is 2. The van der Waals surface area contributed by atoms with E-state index in [-0.39, 0.29) is 6.10 Å². The van der Waals surface area contributed by atoms with Gasteiger partial charge in [-0.05, 0) is 67.9 Å². The van der Waals surface area contributed by atoms with Gasteiger partial charge in [-0.15, -0.1) is 0 Å². The molecule has 2 aromatic carbocycles. The van der Waals surface area contributed by atoms with Gasteiger partial charge in [0, 0.05) is 16.8 Å². The van der Waals surface area contributed by atoms with Gasteiger partial charge >= 0.3 is 6.09 Å². The number of carboxylic acid groups (broad SMARTS) is 1. The fourth-order valence-electron chi connectivity index (χ4n) is 3.69. The van der Waals surface area contributed by atoms with Gasteiger partial charge in [0.1, 0.15) is 35.5 Å². The van der Waals surface area contributed by atoms with Crippen molar-refractivity contribution >= 4 is 28.5 Å². The predicted molar refractivity (Wildman–Crippen MR) is 127 cm³/mol. The van der Waals surface area contributed by atoms with E-state index in [0.29, 0.717) is 30.4 Å². The van der Waals surface area contributed by atoms with E-state index in [1.807, 2.05) is 62.4 Å². The van der Waals surface area contributed by atoms with Crippen molar-refractivity contribution in [1.29, 1.82) is 0 Å². The number of nitrogens with zero attached hydrogens (tertiary/aromatic N) is 4. The zero-order chi connectivity index (χ0) is 23.7. The lowest BCUT2D eigenvalue weighted by Crippen LogP contribution is -2.55. The van der Waals surface area contributed by atoms with Crippen LogP contribution in [-0.2, 0) is 0 Å². The Bertz CT molecular complexity index is 1350. The number of fused-ring (bicyclic) bond motifs is 1. The Labute approximate surface area is 196 Å². The van der Waals surface area contributed by atoms with Crippen molar-refractivity contribution in [3.63, 3.8) is 0 Å². The number of rotatable bonds is 6. The summed E-state index contributed by atoms with van der Waals surface area (Å²) in [6.45, 7) is 4.62. The Hall–Kier alpha value is -4.40. The highest BCUT2D eigenvalue weighted by Gasteiger charge is 2.32. The molecule has 2 aromatic heterocycles. The maximum absolute atomic E-state index is 11.0. The Kier molecular flexibility index (Phi) is 5.59. The number of ether oxygens (including phenoxy) is 2. The average Bonchev–Trinajstić information content (AvgIpc) is 2.79. The monoisotopic (exact) mass is 457 g/mol. The van der Waals surface area contributed by atoms with Crippen molar-refractivity contribution in [2.24, 2.45) is 0 Å². The molecule has 0 atom stereocenters. The van der Waals surface area contributed by atoms with Crippen LogP contribution in [0.1, 0.15) is 11.3 Å². The minimum Gasteiger partial charge on any atom is -0.487 e. The summed E-state index contributed by atoms with van der Waals surface area (Å²) in [5.74, 6) is 2.72. The first-order valence-corrected chi connectivity index (χ1v) is 10.8. The quantitative estimate of drug-likeness (QED) is 0.420. The van der Waals surface area contributed by atoms with Crippen LogP contribution in [0.5, 0.6) is 17.2 Å². The molecular formula is C25H23N5O4. The van der Waals surface area contributed by atoms with E-state index < -0.39 is 6.09 Å². The number of aryl methyl sites for hydroxylation is 2. The molecule has 1 amide bonds. The molecule has 0 aliphatic carbocycles. The summed E-state index contributed by atoms with van der Waals surface area (Å²) >= 11 is 0. The third-order valence-electron chi connectivity index (χ3n) is 5.58. The Morgan fingerprint density at radius 1 is 1.03 bits per heavy atom. The van der Waals surface area contributed by atoms with E-state index >= 15 is 0 Å². The van der Waals surface area contributed by atoms with Crippen LogP contribution in [0.25, 0.3) is 10.9 Å². The van der Waals surface area contributed by atoms with Crippen molar-refractivity contribution in [3.05, 3.63) is 72.3 Å². The number of anilines is 2. The van der Waals surface area contributed by atoms with E-state index in [1.54, 1.807) is 6.20 Å². The number of nitrogens with one attached hydrogen (secondary N) is 1. The zero-order valence-electron chi connectivity index (χ0n) is 18.7. The largest absolute Gasteiger partial charge is 0.487 e. The van der Waals surface area contributed by atoms with Crippen LogP contribution in [0.2, 0.25) is 0 Å². The van der Waals surface area contributed by atoms with E-state index in [9.17, 15) is 4.79 Å². The second kappa shape index (κ2) is 8.86. The standard InChI is InChI=1S/C25H23N5O4/c1-15-9-17(4-8-23(15)34-19-5-3-16(2)26-11-19)29-24-21-10-18(6-7-22(21)27-14-28-24)33-20-12-30(13-20)25(31)32/h3-11,14,20H,12-13H2,1-2H3,(H,31,32)(H,27,28,29). The van der Waals surface area contributed by atoms with Crippen molar-refractivity contribution in [3.8, 4) is 17.2 Å². The molecule has 0 saturated carbocycles. The van der Waals surface area contributed by atoms with Gasteiger partial charge in [0.2, 0.25) is 0 Å². The second-order valence-corrected chi connectivity index (χ2v) is 8.17. The Morgan fingerprint density at radius 3 is 2.59 bits per heavy atom. The molecule has 4 aromatic rings. The van der Waals surface area contributed by atoms with Crippen molar-refractivity contribution in [1.82, 2.24) is 19.9 Å². The van der Waals surface area contributed by atoms with Crippen LogP contribution in [0.4, 0.5) is 16.3 Å². The van der Waals surface area contributed by atoms with Gasteiger partial charge in [-0.25, -0.2) is 14.8 Å². The molecule has 2 N–H and O–H groups in total. The van der Waals surface area contributed by atoms with Crippen molar-refractivity contribution < 1.29 is 19.4 Å². The molecule has 0 spiro atoms. The SMILES string of the molecule is Cc1ccc(Oc2ccc(Nc3ncnc4ccc(OC5CN(C(=O)O)C5)cc34)cc2C)cn1. The molecule has 9 nitrogen and oxygen atoms in total. The van der Waals surface area contributed by atoms with Crippen LogP contribution in [0.15, 0.2) is 61.1 Å². The molecule has 5 rings (SSSR count). The normalized spacial score (nSPS) is 13.4. The number of likely N-dealkylation sites (tertiary alicyclic amines) is 1. The molecule has 3 heterocycles. The number of hydrogen-bond acceptors (Lipinski definition) is 7. The molecule has 1 fully saturated rings. The molecule has 1 saturated heterocycles. The number of aromatic nitrogens is 3. The van der Waals surface area contributed by atoms with E-state index in [0.717, 1.165) is 33.6 Å². The lowest BCUT2D eigenvalue weighted by Gasteiger charge is -2.36. The van der Waals surface area contributed by atoms with Crippen molar-refractivity contribution in [2.45, 2.75) is 20.0 Å². The first kappa shape index (κ1) is 21.4. The molecule has 172 valence electrons. The summed E-state index contributed by atoms with van der Waals surface area (Å²) in [4.78, 5) is 25.3. The van der Waals surface area contributed by atoms with Crippen LogP contribution in [0, 0.1) is 13.8 Å². The maximum Gasteiger partial charge on any atom is 0.407 e. The van der Waals surface area contributed by atoms with Gasteiger partial charge in [0.05, 0.1) is 24.8 Å². The van der Waals surface area contributed by atoms with Crippen LogP contribution in [-0.4, -0.2) is 50.2 Å². The number of benzene rings is 2. The fourth-order valence-corrected chi connectivity index (χ4v) is 3.69. The van der Waals surface area contributed by atoms with E-state index in [2.05, 4.69) is 20.3 Å². The molecule has 1 aliphatic heterocycles. The highest BCUT2D eigenvalue weighted by Crippen LogP contribution is 2.31. The van der Waals surface area contributed by atoms with Gasteiger partial charge in [0.25, 0.3) is 0 Å². The summed E-state index contributed by atoms with van der Waals surface area (Å²) in [6.07, 6.45) is 2.13. The summed E-state index contributed by atoms with van der Waals surface area (Å²) in [7, 11) is 0. The highest BCUT2D eigenvalue weighted by molar-refractivity contribution is 5.91. The lowest BCUT2D eigenvalue weighted by molar-refractivity contribution is 0.0253. The van der Waals surface area contributed by atoms with E-state index in [4.69, 9.17) is 14.6 Å². The molecule has 1 aliphatic rings. The highest BCUT2D eigenvalue weighted by atomic mass is 16.5. The van der Waals surface area contributed by atoms with Gasteiger partial charge < -0.3 is 24.8 Å². The third kappa shape index (κ3) is 4.54. The first-order chi connectivity index (χ1) is 16.4. The minimum absolute atomic E-state index is 0.159. The summed E-state index contributed by atoms with van der Waals surface area (Å²) in [5.41, 5.74) is 3.52. The average molecular weight is 457 g/mol. The molecular weight excluding hydrogens is 434 g/mol. The zero-order valence-corrected chi connectivity index (χ0v) is 18.7. The molecule has 9 heteroatoms. The molecule has 0 bridgehead atoms. The second-order valence-electron chi connectivity index (χ2n) is 8.17. The summed E-state index contributed by atoms with van der Waals surface area (Å²) < 4.78 is 11.9. The molecule has 0 unspecified atom stereocenters. The number of amides is 1. The van der Waals surface area contributed by atoms with E-state index in [1.165, 1.54) is 11.2 Å². The van der Waals surface area contributed by atoms with Gasteiger partial charge in [0.15, 0.2) is 0 Å². The molecule has 0 radical (unpaired) electrons. The lowest BCUT2D eigenvalue weighted by atomic mass is 10.1. The van der Waals surface area contributed by atoms with Crippen molar-refractivity contribution in [2.75, 3.05) is 18.4 Å². The van der Waals surface area contributed by atoms with Crippen LogP contribution < -0.4 is 14.8 Å². The summed E-state index contributed by atoms with van der Waals surface area (Å²) in [6, 6.07) is 15.2. The number of carbonyl (C=O) groups is 1. The Morgan fingerprint density at radius 2 is 1.85 bits per heavy atom. The summed E-state index contributed by atoms with van der Waals surface area (Å²) in [5, 5.41) is 13.2. The fraction of sp³-hybridized carbons (Fsp3) is 0.200. The minimum atomic E-state index is -0.930. The van der Waals surface area contributed by atoms with Crippen LogP contribution >= 0.6 is 0 Å². The smallest absolute Gasteiger partial charge is 0.407 e.